The summed E-state index contributed by atoms with van der Waals surface area (Å²) in [6, 6.07) is 12.7. The fourth-order valence-electron chi connectivity index (χ4n) is 2.82. The summed E-state index contributed by atoms with van der Waals surface area (Å²) in [6.45, 7) is -0.0784. The summed E-state index contributed by atoms with van der Waals surface area (Å²) in [5.41, 5.74) is 0.833. The van der Waals surface area contributed by atoms with Crippen LogP contribution < -0.4 is 15.6 Å². The highest BCUT2D eigenvalue weighted by molar-refractivity contribution is 5.92. The van der Waals surface area contributed by atoms with Crippen LogP contribution in [-0.4, -0.2) is 40.5 Å². The first-order valence-electron chi connectivity index (χ1n) is 8.99. The molecule has 2 N–H and O–H groups in total. The first-order chi connectivity index (χ1) is 13.9. The van der Waals surface area contributed by atoms with Crippen molar-refractivity contribution in [3.63, 3.8) is 0 Å². The second-order valence-corrected chi connectivity index (χ2v) is 6.28. The van der Waals surface area contributed by atoms with Crippen LogP contribution in [0.5, 0.6) is 5.75 Å². The number of rotatable bonds is 8. The number of likely N-dealkylation sites (N-methyl/N-ethyl adjacent to an activating group) is 1. The predicted octanol–water partition coefficient (Wildman–Crippen LogP) is 2.99. The van der Waals surface area contributed by atoms with Gasteiger partial charge in [0.2, 0.25) is 5.91 Å². The van der Waals surface area contributed by atoms with Gasteiger partial charge in [-0.15, -0.1) is 0 Å². The summed E-state index contributed by atoms with van der Waals surface area (Å²) >= 11 is 0. The molecule has 2 aromatic carbocycles. The van der Waals surface area contributed by atoms with Crippen LogP contribution >= 0.6 is 0 Å². The standard InChI is InChI=1S/C20H20F2N4O3/c1-2-26(11-17-24-16-6-4-3-5-15(16)19(28)25-17)12-18(27)23-13-7-9-14(10-8-13)29-20(21)22/h3-10,20H,2,11-12H2,1H3,(H,23,27)(H,24,25,28). The van der Waals surface area contributed by atoms with Crippen molar-refractivity contribution in [2.45, 2.75) is 20.1 Å². The van der Waals surface area contributed by atoms with Gasteiger partial charge in [-0.2, -0.15) is 8.78 Å². The van der Waals surface area contributed by atoms with E-state index in [4.69, 9.17) is 0 Å². The predicted molar refractivity (Wildman–Crippen MR) is 105 cm³/mol. The Bertz CT molecular complexity index is 1040. The highest BCUT2D eigenvalue weighted by Crippen LogP contribution is 2.17. The van der Waals surface area contributed by atoms with Crippen LogP contribution in [-0.2, 0) is 11.3 Å². The Hall–Kier alpha value is -3.33. The minimum absolute atomic E-state index is 0.0134. The van der Waals surface area contributed by atoms with Gasteiger partial charge in [-0.3, -0.25) is 14.5 Å². The molecule has 3 aromatic rings. The minimum Gasteiger partial charge on any atom is -0.435 e. The number of amides is 1. The fourth-order valence-corrected chi connectivity index (χ4v) is 2.82. The number of anilines is 1. The number of carbonyl (C=O) groups is 1. The molecule has 29 heavy (non-hydrogen) atoms. The van der Waals surface area contributed by atoms with Crippen molar-refractivity contribution in [2.75, 3.05) is 18.4 Å². The van der Waals surface area contributed by atoms with Gasteiger partial charge < -0.3 is 15.0 Å². The van der Waals surface area contributed by atoms with Gasteiger partial charge in [0.05, 0.1) is 24.0 Å². The lowest BCUT2D eigenvalue weighted by atomic mass is 10.2. The lowest BCUT2D eigenvalue weighted by Crippen LogP contribution is -2.33. The van der Waals surface area contributed by atoms with Gasteiger partial charge in [-0.1, -0.05) is 19.1 Å². The molecule has 0 unspecified atom stereocenters. The number of para-hydroxylation sites is 1. The molecule has 0 atom stereocenters. The maximum Gasteiger partial charge on any atom is 0.387 e. The summed E-state index contributed by atoms with van der Waals surface area (Å²) in [4.78, 5) is 33.5. The van der Waals surface area contributed by atoms with Gasteiger partial charge in [0.25, 0.3) is 5.56 Å². The van der Waals surface area contributed by atoms with E-state index < -0.39 is 6.61 Å². The topological polar surface area (TPSA) is 87.3 Å². The first kappa shape index (κ1) is 20.4. The molecule has 0 aliphatic carbocycles. The number of alkyl halides is 2. The highest BCUT2D eigenvalue weighted by Gasteiger charge is 2.13. The molecule has 9 heteroatoms. The zero-order valence-electron chi connectivity index (χ0n) is 15.7. The number of hydrogen-bond donors (Lipinski definition) is 2. The summed E-state index contributed by atoms with van der Waals surface area (Å²) < 4.78 is 28.6. The molecule has 0 fully saturated rings. The van der Waals surface area contributed by atoms with E-state index >= 15 is 0 Å². The van der Waals surface area contributed by atoms with Crippen molar-refractivity contribution >= 4 is 22.5 Å². The SMILES string of the molecule is CCN(CC(=O)Nc1ccc(OC(F)F)cc1)Cc1nc2ccccc2c(=O)[nH]1. The Morgan fingerprint density at radius 2 is 1.93 bits per heavy atom. The average molecular weight is 402 g/mol. The highest BCUT2D eigenvalue weighted by atomic mass is 19.3. The molecular formula is C20H20F2N4O3. The average Bonchev–Trinajstić information content (AvgIpc) is 2.68. The van der Waals surface area contributed by atoms with Gasteiger partial charge in [-0.05, 0) is 42.9 Å². The van der Waals surface area contributed by atoms with E-state index in [0.29, 0.717) is 35.5 Å². The first-order valence-corrected chi connectivity index (χ1v) is 8.99. The van der Waals surface area contributed by atoms with E-state index in [1.54, 1.807) is 24.3 Å². The molecule has 1 aromatic heterocycles. The Balaban J connectivity index is 1.62. The zero-order valence-corrected chi connectivity index (χ0v) is 15.7. The lowest BCUT2D eigenvalue weighted by Gasteiger charge is -2.19. The van der Waals surface area contributed by atoms with Crippen molar-refractivity contribution in [2.24, 2.45) is 0 Å². The molecule has 0 aliphatic heterocycles. The number of aromatic nitrogens is 2. The van der Waals surface area contributed by atoms with Crippen molar-refractivity contribution in [1.29, 1.82) is 0 Å². The van der Waals surface area contributed by atoms with Crippen molar-refractivity contribution in [1.82, 2.24) is 14.9 Å². The van der Waals surface area contributed by atoms with E-state index in [-0.39, 0.29) is 23.8 Å². The van der Waals surface area contributed by atoms with Crippen LogP contribution in [0, 0.1) is 0 Å². The molecule has 0 aliphatic rings. The van der Waals surface area contributed by atoms with Gasteiger partial charge >= 0.3 is 6.61 Å². The second kappa shape index (κ2) is 9.24. The molecule has 7 nitrogen and oxygen atoms in total. The minimum atomic E-state index is -2.90. The summed E-state index contributed by atoms with van der Waals surface area (Å²) in [5.74, 6) is 0.203. The second-order valence-electron chi connectivity index (χ2n) is 6.28. The molecule has 0 radical (unpaired) electrons. The van der Waals surface area contributed by atoms with E-state index in [1.165, 1.54) is 24.3 Å². The number of nitrogens with zero attached hydrogens (tertiary/aromatic N) is 2. The van der Waals surface area contributed by atoms with Crippen LogP contribution in [0.4, 0.5) is 14.5 Å². The van der Waals surface area contributed by atoms with E-state index in [2.05, 4.69) is 20.0 Å². The number of H-pyrrole nitrogens is 1. The third-order valence-corrected chi connectivity index (χ3v) is 4.21. The van der Waals surface area contributed by atoms with E-state index in [1.807, 2.05) is 11.8 Å². The maximum absolute atomic E-state index is 12.3. The quantitative estimate of drug-likeness (QED) is 0.605. The number of ether oxygens (including phenoxy) is 1. The smallest absolute Gasteiger partial charge is 0.387 e. The molecule has 3 rings (SSSR count). The van der Waals surface area contributed by atoms with E-state index in [0.717, 1.165) is 0 Å². The molecule has 1 amide bonds. The molecule has 0 spiro atoms. The van der Waals surface area contributed by atoms with Crippen molar-refractivity contribution < 1.29 is 18.3 Å². The lowest BCUT2D eigenvalue weighted by molar-refractivity contribution is -0.117. The normalized spacial score (nSPS) is 11.2. The number of aromatic amines is 1. The third-order valence-electron chi connectivity index (χ3n) is 4.21. The molecule has 152 valence electrons. The number of carbonyl (C=O) groups excluding carboxylic acids is 1. The largest absolute Gasteiger partial charge is 0.435 e. The molecule has 0 bridgehead atoms. The van der Waals surface area contributed by atoms with Crippen LogP contribution in [0.15, 0.2) is 53.3 Å². The van der Waals surface area contributed by atoms with Gasteiger partial charge in [0.15, 0.2) is 0 Å². The summed E-state index contributed by atoms with van der Waals surface area (Å²) in [6.07, 6.45) is 0. The van der Waals surface area contributed by atoms with Crippen LogP contribution in [0.25, 0.3) is 10.9 Å². The number of halogens is 2. The van der Waals surface area contributed by atoms with E-state index in [9.17, 15) is 18.4 Å². The van der Waals surface area contributed by atoms with Gasteiger partial charge in [-0.25, -0.2) is 4.98 Å². The fraction of sp³-hybridized carbons (Fsp3) is 0.250. The number of hydrogen-bond acceptors (Lipinski definition) is 5. The maximum atomic E-state index is 12.3. The Morgan fingerprint density at radius 3 is 2.62 bits per heavy atom. The van der Waals surface area contributed by atoms with Crippen LogP contribution in [0.2, 0.25) is 0 Å². The van der Waals surface area contributed by atoms with Crippen molar-refractivity contribution in [3.8, 4) is 5.75 Å². The van der Waals surface area contributed by atoms with Crippen LogP contribution in [0.3, 0.4) is 0 Å². The molecule has 0 saturated heterocycles. The number of nitrogens with one attached hydrogen (secondary N) is 2. The molecular weight excluding hydrogens is 382 g/mol. The summed E-state index contributed by atoms with van der Waals surface area (Å²) in [5, 5.41) is 3.21. The van der Waals surface area contributed by atoms with Gasteiger partial charge in [0, 0.05) is 5.69 Å². The number of benzene rings is 2. The zero-order chi connectivity index (χ0) is 20.8. The van der Waals surface area contributed by atoms with Gasteiger partial charge in [0.1, 0.15) is 11.6 Å². The number of fused-ring (bicyclic) bond motifs is 1. The molecule has 1 heterocycles. The van der Waals surface area contributed by atoms with Crippen molar-refractivity contribution in [3.05, 3.63) is 64.7 Å². The Morgan fingerprint density at radius 1 is 1.21 bits per heavy atom. The third kappa shape index (κ3) is 5.58. The monoisotopic (exact) mass is 402 g/mol. The molecule has 0 saturated carbocycles. The Labute approximate surface area is 165 Å². The van der Waals surface area contributed by atoms with Crippen LogP contribution in [0.1, 0.15) is 12.7 Å². The summed E-state index contributed by atoms with van der Waals surface area (Å²) in [7, 11) is 0. The Kier molecular flexibility index (Phi) is 6.50.